The third-order valence-corrected chi connectivity index (χ3v) is 4.00. The molecule has 0 aliphatic carbocycles. The predicted octanol–water partition coefficient (Wildman–Crippen LogP) is -0.0974. The molecule has 0 saturated carbocycles. The number of benzene rings is 1. The Kier molecular flexibility index (Phi) is 6.05. The zero-order valence-corrected chi connectivity index (χ0v) is 13.0. The minimum Gasteiger partial charge on any atom is -0.496 e. The van der Waals surface area contributed by atoms with Crippen LogP contribution in [0.25, 0.3) is 0 Å². The SMILES string of the molecule is CCCN1CCN(Cc2cc(B(O)O)ccc2OC)CC1. The molecule has 1 heterocycles. The van der Waals surface area contributed by atoms with Gasteiger partial charge in [0.2, 0.25) is 0 Å². The Bertz CT molecular complexity index is 449. The maximum Gasteiger partial charge on any atom is 0.488 e. The summed E-state index contributed by atoms with van der Waals surface area (Å²) >= 11 is 0. The maximum absolute atomic E-state index is 9.31. The van der Waals surface area contributed by atoms with Crippen LogP contribution in [0.15, 0.2) is 18.2 Å². The quantitative estimate of drug-likeness (QED) is 0.717. The zero-order chi connectivity index (χ0) is 15.2. The maximum atomic E-state index is 9.31. The van der Waals surface area contributed by atoms with Gasteiger partial charge in [0.15, 0.2) is 0 Å². The molecule has 0 spiro atoms. The smallest absolute Gasteiger partial charge is 0.488 e. The van der Waals surface area contributed by atoms with E-state index in [4.69, 9.17) is 4.74 Å². The second kappa shape index (κ2) is 7.80. The summed E-state index contributed by atoms with van der Waals surface area (Å²) in [5.41, 5.74) is 1.52. The van der Waals surface area contributed by atoms with Gasteiger partial charge in [-0.3, -0.25) is 4.90 Å². The first-order chi connectivity index (χ1) is 10.1. The van der Waals surface area contributed by atoms with Crippen LogP contribution in [0.3, 0.4) is 0 Å². The van der Waals surface area contributed by atoms with Crippen molar-refractivity contribution in [3.63, 3.8) is 0 Å². The van der Waals surface area contributed by atoms with Crippen molar-refractivity contribution >= 4 is 12.6 Å². The first kappa shape index (κ1) is 16.3. The Hall–Kier alpha value is -1.08. The number of hydrogen-bond acceptors (Lipinski definition) is 5. The molecule has 1 fully saturated rings. The number of hydrogen-bond donors (Lipinski definition) is 2. The number of rotatable bonds is 6. The van der Waals surface area contributed by atoms with E-state index in [0.717, 1.165) is 44.0 Å². The average Bonchev–Trinajstić information content (AvgIpc) is 2.49. The molecule has 1 aromatic carbocycles. The first-order valence-corrected chi connectivity index (χ1v) is 7.61. The molecule has 1 aromatic rings. The fourth-order valence-corrected chi connectivity index (χ4v) is 2.81. The van der Waals surface area contributed by atoms with Crippen molar-refractivity contribution in [1.29, 1.82) is 0 Å². The van der Waals surface area contributed by atoms with Gasteiger partial charge < -0.3 is 19.7 Å². The van der Waals surface area contributed by atoms with E-state index in [-0.39, 0.29) is 0 Å². The summed E-state index contributed by atoms with van der Waals surface area (Å²) in [5, 5.41) is 18.6. The van der Waals surface area contributed by atoms with Crippen molar-refractivity contribution in [2.24, 2.45) is 0 Å². The van der Waals surface area contributed by atoms with Crippen molar-refractivity contribution in [3.8, 4) is 5.75 Å². The number of nitrogens with zero attached hydrogens (tertiary/aromatic N) is 2. The molecule has 0 bridgehead atoms. The Labute approximate surface area is 127 Å². The lowest BCUT2D eigenvalue weighted by atomic mass is 9.79. The third kappa shape index (κ3) is 4.44. The summed E-state index contributed by atoms with van der Waals surface area (Å²) < 4.78 is 5.38. The lowest BCUT2D eigenvalue weighted by Gasteiger charge is -2.34. The number of methoxy groups -OCH3 is 1. The monoisotopic (exact) mass is 292 g/mol. The summed E-state index contributed by atoms with van der Waals surface area (Å²) in [6, 6.07) is 5.31. The summed E-state index contributed by atoms with van der Waals surface area (Å²) in [7, 11) is 0.212. The van der Waals surface area contributed by atoms with E-state index in [9.17, 15) is 10.0 Å². The molecule has 5 nitrogen and oxygen atoms in total. The lowest BCUT2D eigenvalue weighted by molar-refractivity contribution is 0.126. The zero-order valence-electron chi connectivity index (χ0n) is 13.0. The van der Waals surface area contributed by atoms with Crippen LogP contribution in [-0.2, 0) is 6.54 Å². The van der Waals surface area contributed by atoms with Crippen LogP contribution in [0.2, 0.25) is 0 Å². The van der Waals surface area contributed by atoms with E-state index in [0.29, 0.717) is 5.46 Å². The van der Waals surface area contributed by atoms with Gasteiger partial charge in [-0.15, -0.1) is 0 Å². The highest BCUT2D eigenvalue weighted by atomic mass is 16.5. The fraction of sp³-hybridized carbons (Fsp3) is 0.600. The molecule has 0 aromatic heterocycles. The van der Waals surface area contributed by atoms with Gasteiger partial charge in [-0.05, 0) is 24.5 Å². The molecule has 21 heavy (non-hydrogen) atoms. The highest BCUT2D eigenvalue weighted by Gasteiger charge is 2.19. The molecular formula is C15H25BN2O3. The lowest BCUT2D eigenvalue weighted by Crippen LogP contribution is -2.46. The van der Waals surface area contributed by atoms with E-state index in [2.05, 4.69) is 16.7 Å². The van der Waals surface area contributed by atoms with Gasteiger partial charge in [-0.2, -0.15) is 0 Å². The van der Waals surface area contributed by atoms with E-state index >= 15 is 0 Å². The molecule has 0 atom stereocenters. The molecule has 1 saturated heterocycles. The molecule has 0 radical (unpaired) electrons. The van der Waals surface area contributed by atoms with E-state index in [1.807, 2.05) is 6.07 Å². The van der Waals surface area contributed by atoms with E-state index in [1.54, 1.807) is 19.2 Å². The molecular weight excluding hydrogens is 267 g/mol. The topological polar surface area (TPSA) is 56.2 Å². The fourth-order valence-electron chi connectivity index (χ4n) is 2.81. The molecule has 6 heteroatoms. The highest BCUT2D eigenvalue weighted by Crippen LogP contribution is 2.19. The van der Waals surface area contributed by atoms with E-state index < -0.39 is 7.12 Å². The van der Waals surface area contributed by atoms with Crippen LogP contribution in [0.1, 0.15) is 18.9 Å². The summed E-state index contributed by atoms with van der Waals surface area (Å²) in [6.07, 6.45) is 1.20. The van der Waals surface area contributed by atoms with Gasteiger partial charge in [-0.1, -0.05) is 19.1 Å². The predicted molar refractivity (Wildman–Crippen MR) is 84.8 cm³/mol. The van der Waals surface area contributed by atoms with Gasteiger partial charge in [0, 0.05) is 38.3 Å². The number of piperazine rings is 1. The second-order valence-electron chi connectivity index (χ2n) is 5.56. The summed E-state index contributed by atoms with van der Waals surface area (Å²) in [4.78, 5) is 4.87. The molecule has 1 aliphatic rings. The highest BCUT2D eigenvalue weighted by molar-refractivity contribution is 6.58. The van der Waals surface area contributed by atoms with Crippen molar-refractivity contribution in [1.82, 2.24) is 9.80 Å². The minimum absolute atomic E-state index is 0.510. The van der Waals surface area contributed by atoms with Crippen LogP contribution >= 0.6 is 0 Å². The van der Waals surface area contributed by atoms with Crippen LogP contribution < -0.4 is 10.2 Å². The minimum atomic E-state index is -1.43. The Morgan fingerprint density at radius 3 is 2.38 bits per heavy atom. The molecule has 0 amide bonds. The van der Waals surface area contributed by atoms with Gasteiger partial charge in [-0.25, -0.2) is 0 Å². The largest absolute Gasteiger partial charge is 0.496 e. The summed E-state index contributed by atoms with van der Waals surface area (Å²) in [5.74, 6) is 0.801. The Morgan fingerprint density at radius 2 is 1.81 bits per heavy atom. The molecule has 0 unspecified atom stereocenters. The Morgan fingerprint density at radius 1 is 1.14 bits per heavy atom. The van der Waals surface area contributed by atoms with Crippen LogP contribution in [0.5, 0.6) is 5.75 Å². The van der Waals surface area contributed by atoms with Crippen molar-refractivity contribution < 1.29 is 14.8 Å². The van der Waals surface area contributed by atoms with Crippen molar-refractivity contribution in [3.05, 3.63) is 23.8 Å². The molecule has 1 aliphatic heterocycles. The van der Waals surface area contributed by atoms with Crippen LogP contribution in [-0.4, -0.2) is 66.8 Å². The third-order valence-electron chi connectivity index (χ3n) is 4.00. The molecule has 116 valence electrons. The van der Waals surface area contributed by atoms with Crippen LogP contribution in [0, 0.1) is 0 Å². The van der Waals surface area contributed by atoms with Gasteiger partial charge in [0.1, 0.15) is 5.75 Å². The first-order valence-electron chi connectivity index (χ1n) is 7.61. The Balaban J connectivity index is 2.00. The average molecular weight is 292 g/mol. The second-order valence-corrected chi connectivity index (χ2v) is 5.56. The van der Waals surface area contributed by atoms with Crippen molar-refractivity contribution in [2.45, 2.75) is 19.9 Å². The number of ether oxygens (including phenoxy) is 1. The molecule has 2 N–H and O–H groups in total. The van der Waals surface area contributed by atoms with Gasteiger partial charge in [0.25, 0.3) is 0 Å². The van der Waals surface area contributed by atoms with E-state index in [1.165, 1.54) is 13.0 Å². The van der Waals surface area contributed by atoms with Crippen molar-refractivity contribution in [2.75, 3.05) is 39.8 Å². The molecule has 2 rings (SSSR count). The van der Waals surface area contributed by atoms with Gasteiger partial charge in [0.05, 0.1) is 7.11 Å². The van der Waals surface area contributed by atoms with Crippen LogP contribution in [0.4, 0.5) is 0 Å². The summed E-state index contributed by atoms with van der Waals surface area (Å²) in [6.45, 7) is 8.43. The normalized spacial score (nSPS) is 17.0. The standard InChI is InChI=1S/C15H25BN2O3/c1-3-6-17-7-9-18(10-8-17)12-13-11-14(16(19)20)4-5-15(13)21-2/h4-5,11,19-20H,3,6-10,12H2,1-2H3. The van der Waals surface area contributed by atoms with Gasteiger partial charge >= 0.3 is 7.12 Å².